The molecule has 4 aromatic rings. The minimum absolute atomic E-state index is 0.00406. The van der Waals surface area contributed by atoms with E-state index in [2.05, 4.69) is 5.32 Å². The lowest BCUT2D eigenvalue weighted by atomic mass is 10.0. The Bertz CT molecular complexity index is 1800. The van der Waals surface area contributed by atoms with Crippen LogP contribution >= 0.6 is 11.3 Å². The van der Waals surface area contributed by atoms with Crippen molar-refractivity contribution in [1.29, 1.82) is 0 Å². The lowest BCUT2D eigenvalue weighted by Gasteiger charge is -2.28. The summed E-state index contributed by atoms with van der Waals surface area (Å²) in [6, 6.07) is 17.7. The van der Waals surface area contributed by atoms with Crippen molar-refractivity contribution in [1.82, 2.24) is 4.90 Å². The number of thiophene rings is 1. The van der Waals surface area contributed by atoms with Gasteiger partial charge in [0.2, 0.25) is 5.67 Å². The number of imide groups is 1. The van der Waals surface area contributed by atoms with E-state index in [0.29, 0.717) is 32.9 Å². The fourth-order valence-electron chi connectivity index (χ4n) is 4.54. The van der Waals surface area contributed by atoms with Crippen molar-refractivity contribution >= 4 is 52.3 Å². The van der Waals surface area contributed by atoms with Crippen molar-refractivity contribution in [2.75, 3.05) is 17.3 Å². The fourth-order valence-corrected chi connectivity index (χ4v) is 5.28. The number of carbonyl (C=O) groups is 4. The van der Waals surface area contributed by atoms with Gasteiger partial charge >= 0.3 is 18.0 Å². The zero-order chi connectivity index (χ0) is 34.7. The van der Waals surface area contributed by atoms with Gasteiger partial charge in [0.1, 0.15) is 17.2 Å². The number of carbonyl (C=O) groups excluding carboxylic acids is 3. The van der Waals surface area contributed by atoms with Gasteiger partial charge in [-0.2, -0.15) is 0 Å². The molecule has 0 bridgehead atoms. The van der Waals surface area contributed by atoms with Crippen LogP contribution in [0.3, 0.4) is 0 Å². The largest absolute Gasteiger partial charge is 0.479 e. The lowest BCUT2D eigenvalue weighted by Crippen LogP contribution is -2.43. The average molecular weight is 668 g/mol. The molecule has 0 atom stereocenters. The number of anilines is 3. The maximum Gasteiger partial charge on any atom is 0.340 e. The monoisotopic (exact) mass is 667 g/mol. The highest BCUT2D eigenvalue weighted by Crippen LogP contribution is 2.37. The molecule has 9 nitrogen and oxygen atoms in total. The van der Waals surface area contributed by atoms with E-state index in [9.17, 15) is 32.3 Å². The van der Waals surface area contributed by atoms with Crippen LogP contribution in [0.5, 0.6) is 0 Å². The summed E-state index contributed by atoms with van der Waals surface area (Å²) in [7, 11) is 1.29. The third-order valence-corrected chi connectivity index (χ3v) is 8.22. The molecule has 13 heteroatoms. The predicted molar refractivity (Wildman–Crippen MR) is 173 cm³/mol. The molecular weight excluding hydrogens is 635 g/mol. The number of ether oxygens (including phenoxy) is 1. The molecule has 47 heavy (non-hydrogen) atoms. The number of amides is 3. The zero-order valence-electron chi connectivity index (χ0n) is 26.1. The molecule has 5 rings (SSSR count). The van der Waals surface area contributed by atoms with Gasteiger partial charge in [-0.25, -0.2) is 32.5 Å². The quantitative estimate of drug-likeness (QED) is 0.146. The summed E-state index contributed by atoms with van der Waals surface area (Å²) in [5.41, 5.74) is -0.862. The number of hydrogen-bond acceptors (Lipinski definition) is 7. The van der Waals surface area contributed by atoms with Crippen LogP contribution in [-0.4, -0.2) is 52.2 Å². The van der Waals surface area contributed by atoms with Crippen molar-refractivity contribution in [2.24, 2.45) is 0 Å². The molecule has 2 heterocycles. The molecule has 1 aliphatic heterocycles. The molecule has 0 spiro atoms. The van der Waals surface area contributed by atoms with Gasteiger partial charge in [-0.05, 0) is 99.3 Å². The van der Waals surface area contributed by atoms with Crippen LogP contribution < -0.4 is 10.2 Å². The van der Waals surface area contributed by atoms with E-state index in [1.807, 2.05) is 5.38 Å². The highest BCUT2D eigenvalue weighted by atomic mass is 32.1. The predicted octanol–water partition coefficient (Wildman–Crippen LogP) is 7.79. The number of urea groups is 1. The maximum atomic E-state index is 14.6. The Kier molecular flexibility index (Phi) is 10.1. The molecule has 1 aliphatic rings. The standard InChI is InChI=1S/C30H25F2N3O4S.C4H7FO2/c1-30(2)28(37)35(22-12-13-24(32)23(16-22)26-5-4-14-40-26)29(38)34(30)17-19-6-9-20(31)15-25(19)33-21-10-7-18(8-11-21)27(36)39-3;1-4(2,5)3(6)7/h4-16,33H,17H2,1-3H3;1-2H3,(H,6,7). The van der Waals surface area contributed by atoms with Crippen molar-refractivity contribution in [3.63, 3.8) is 0 Å². The van der Waals surface area contributed by atoms with Crippen molar-refractivity contribution in [3.05, 3.63) is 101 Å². The number of carboxylic acids is 1. The third kappa shape index (κ3) is 7.63. The Balaban J connectivity index is 0.000000644. The smallest absolute Gasteiger partial charge is 0.340 e. The number of esters is 1. The Morgan fingerprint density at radius 2 is 1.66 bits per heavy atom. The van der Waals surface area contributed by atoms with Crippen molar-refractivity contribution in [3.8, 4) is 10.4 Å². The molecule has 0 saturated carbocycles. The number of benzene rings is 3. The van der Waals surface area contributed by atoms with Crippen molar-refractivity contribution < 1.29 is 42.2 Å². The molecule has 3 amide bonds. The molecule has 246 valence electrons. The molecule has 1 fully saturated rings. The summed E-state index contributed by atoms with van der Waals surface area (Å²) in [4.78, 5) is 51.7. The summed E-state index contributed by atoms with van der Waals surface area (Å²) < 4.78 is 45.5. The summed E-state index contributed by atoms with van der Waals surface area (Å²) in [6.07, 6.45) is 0. The first kappa shape index (κ1) is 34.7. The van der Waals surface area contributed by atoms with E-state index in [0.717, 1.165) is 18.7 Å². The summed E-state index contributed by atoms with van der Waals surface area (Å²) in [6.45, 7) is 5.26. The molecular formula is C34H32F3N3O6S. The first-order chi connectivity index (χ1) is 22.0. The van der Waals surface area contributed by atoms with E-state index in [1.165, 1.54) is 53.7 Å². The van der Waals surface area contributed by atoms with Crippen LogP contribution in [0.1, 0.15) is 43.6 Å². The van der Waals surface area contributed by atoms with Crippen LogP contribution in [0.15, 0.2) is 78.2 Å². The second kappa shape index (κ2) is 13.7. The van der Waals surface area contributed by atoms with Crippen LogP contribution in [0.4, 0.5) is 35.0 Å². The number of rotatable bonds is 8. The number of carboxylic acid groups (broad SMARTS) is 1. The van der Waals surface area contributed by atoms with Gasteiger partial charge in [-0.15, -0.1) is 11.3 Å². The summed E-state index contributed by atoms with van der Waals surface area (Å²) in [5.74, 6) is -3.31. The normalized spacial score (nSPS) is 14.0. The van der Waals surface area contributed by atoms with E-state index >= 15 is 0 Å². The number of nitrogens with zero attached hydrogens (tertiary/aromatic N) is 2. The van der Waals surface area contributed by atoms with Gasteiger partial charge in [-0.1, -0.05) is 12.1 Å². The molecule has 0 unspecified atom stereocenters. The van der Waals surface area contributed by atoms with Gasteiger partial charge < -0.3 is 20.1 Å². The highest BCUT2D eigenvalue weighted by Gasteiger charge is 2.52. The first-order valence-electron chi connectivity index (χ1n) is 14.2. The second-order valence-corrected chi connectivity index (χ2v) is 12.4. The molecule has 1 aromatic heterocycles. The zero-order valence-corrected chi connectivity index (χ0v) is 27.0. The number of alkyl halides is 1. The molecule has 0 aliphatic carbocycles. The number of halogens is 3. The second-order valence-electron chi connectivity index (χ2n) is 11.5. The summed E-state index contributed by atoms with van der Waals surface area (Å²) in [5, 5.41) is 12.8. The minimum atomic E-state index is -2.08. The molecule has 1 saturated heterocycles. The van der Waals surface area contributed by atoms with Crippen LogP contribution in [0, 0.1) is 11.6 Å². The fraction of sp³-hybridized carbons (Fsp3) is 0.235. The van der Waals surface area contributed by atoms with Gasteiger partial charge in [0.25, 0.3) is 5.91 Å². The highest BCUT2D eigenvalue weighted by molar-refractivity contribution is 7.13. The van der Waals surface area contributed by atoms with Gasteiger partial charge in [0.05, 0.1) is 24.9 Å². The van der Waals surface area contributed by atoms with E-state index in [1.54, 1.807) is 56.3 Å². The van der Waals surface area contributed by atoms with E-state index in [4.69, 9.17) is 9.84 Å². The van der Waals surface area contributed by atoms with E-state index in [-0.39, 0.29) is 12.2 Å². The molecule has 3 aromatic carbocycles. The molecule has 0 radical (unpaired) electrons. The van der Waals surface area contributed by atoms with Crippen LogP contribution in [0.2, 0.25) is 0 Å². The van der Waals surface area contributed by atoms with Crippen molar-refractivity contribution in [2.45, 2.75) is 45.4 Å². The van der Waals surface area contributed by atoms with Crippen LogP contribution in [-0.2, 0) is 20.9 Å². The van der Waals surface area contributed by atoms with Crippen LogP contribution in [0.25, 0.3) is 10.4 Å². The topological polar surface area (TPSA) is 116 Å². The Hall–Kier alpha value is -5.17. The summed E-state index contributed by atoms with van der Waals surface area (Å²) >= 11 is 1.35. The van der Waals surface area contributed by atoms with Gasteiger partial charge in [0, 0.05) is 21.8 Å². The molecule has 2 N–H and O–H groups in total. The Labute approximate surface area is 273 Å². The minimum Gasteiger partial charge on any atom is -0.479 e. The number of nitrogens with one attached hydrogen (secondary N) is 1. The number of aliphatic carboxylic acids is 1. The number of methoxy groups -OCH3 is 1. The first-order valence-corrected chi connectivity index (χ1v) is 15.1. The van der Waals surface area contributed by atoms with Gasteiger partial charge in [-0.3, -0.25) is 4.79 Å². The lowest BCUT2D eigenvalue weighted by molar-refractivity contribution is -0.148. The van der Waals surface area contributed by atoms with Gasteiger partial charge in [0.15, 0.2) is 0 Å². The van der Waals surface area contributed by atoms with E-state index < -0.39 is 46.7 Å². The maximum absolute atomic E-state index is 14.6. The average Bonchev–Trinajstić information content (AvgIpc) is 3.61. The Morgan fingerprint density at radius 3 is 2.23 bits per heavy atom. The third-order valence-electron chi connectivity index (χ3n) is 7.31. The number of hydrogen-bond donors (Lipinski definition) is 2. The Morgan fingerprint density at radius 1 is 1.00 bits per heavy atom. The SMILES string of the molecule is CC(C)(F)C(=O)O.COC(=O)c1ccc(Nc2cc(F)ccc2CN2C(=O)N(c3ccc(F)c(-c4cccs4)c3)C(=O)C2(C)C)cc1.